The maximum absolute atomic E-state index is 12.6. The van der Waals surface area contributed by atoms with Crippen molar-refractivity contribution in [3.05, 3.63) is 36.1 Å². The van der Waals surface area contributed by atoms with Gasteiger partial charge in [0.1, 0.15) is 11.5 Å². The number of hydrogen-bond donors (Lipinski definition) is 1. The lowest BCUT2D eigenvalue weighted by atomic mass is 10.1. The summed E-state index contributed by atoms with van der Waals surface area (Å²) in [4.78, 5) is 0. The van der Waals surface area contributed by atoms with Crippen molar-refractivity contribution in [2.75, 3.05) is 12.4 Å². The largest absolute Gasteiger partial charge is 0.357 e. The summed E-state index contributed by atoms with van der Waals surface area (Å²) in [6.45, 7) is 0. The van der Waals surface area contributed by atoms with Crippen LogP contribution in [0.3, 0.4) is 0 Å². The van der Waals surface area contributed by atoms with E-state index in [1.54, 1.807) is 25.2 Å². The summed E-state index contributed by atoms with van der Waals surface area (Å²) >= 11 is 0. The van der Waals surface area contributed by atoms with Gasteiger partial charge >= 0.3 is 0 Å². The molecule has 0 fully saturated rings. The summed E-state index contributed by atoms with van der Waals surface area (Å²) in [5, 5.41) is 6.65. The first-order chi connectivity index (χ1) is 6.79. The number of anilines is 1. The molecule has 0 aliphatic heterocycles. The Morgan fingerprint density at radius 1 is 1.29 bits per heavy atom. The fraction of sp³-hybridized carbons (Fsp3) is 0.100. The van der Waals surface area contributed by atoms with Crippen LogP contribution in [0.4, 0.5) is 10.3 Å². The zero-order chi connectivity index (χ0) is 9.97. The second-order valence-electron chi connectivity index (χ2n) is 2.83. The number of nitrogens with zero attached hydrogens (tertiary/aromatic N) is 1. The predicted molar refractivity (Wildman–Crippen MR) is 51.4 cm³/mol. The molecule has 1 aromatic heterocycles. The fourth-order valence-electron chi connectivity index (χ4n) is 1.15. The SMILES string of the molecule is CNc1cc(-c2ccc(F)cc2)no1. The van der Waals surface area contributed by atoms with Gasteiger partial charge in [-0.25, -0.2) is 4.39 Å². The maximum atomic E-state index is 12.6. The van der Waals surface area contributed by atoms with Gasteiger partial charge in [0.05, 0.1) is 0 Å². The molecule has 0 radical (unpaired) electrons. The molecule has 1 N–H and O–H groups in total. The summed E-state index contributed by atoms with van der Waals surface area (Å²) in [7, 11) is 1.74. The molecule has 3 nitrogen and oxygen atoms in total. The van der Waals surface area contributed by atoms with Crippen LogP contribution in [-0.2, 0) is 0 Å². The highest BCUT2D eigenvalue weighted by molar-refractivity contribution is 5.61. The Bertz CT molecular complexity index is 422. The summed E-state index contributed by atoms with van der Waals surface area (Å²) in [6, 6.07) is 7.86. The van der Waals surface area contributed by atoms with Crippen molar-refractivity contribution >= 4 is 5.88 Å². The van der Waals surface area contributed by atoms with Gasteiger partial charge in [0, 0.05) is 18.7 Å². The van der Waals surface area contributed by atoms with Crippen LogP contribution in [0, 0.1) is 5.82 Å². The van der Waals surface area contributed by atoms with Gasteiger partial charge in [-0.05, 0) is 24.3 Å². The predicted octanol–water partition coefficient (Wildman–Crippen LogP) is 2.52. The first-order valence-corrected chi connectivity index (χ1v) is 4.20. The third-order valence-corrected chi connectivity index (χ3v) is 1.90. The van der Waals surface area contributed by atoms with E-state index in [1.807, 2.05) is 0 Å². The van der Waals surface area contributed by atoms with Crippen molar-refractivity contribution in [2.24, 2.45) is 0 Å². The van der Waals surface area contributed by atoms with Gasteiger partial charge in [-0.1, -0.05) is 5.16 Å². The molecule has 0 saturated carbocycles. The molecular weight excluding hydrogens is 183 g/mol. The van der Waals surface area contributed by atoms with Crippen LogP contribution in [0.25, 0.3) is 11.3 Å². The van der Waals surface area contributed by atoms with Crippen LogP contribution in [0.15, 0.2) is 34.9 Å². The van der Waals surface area contributed by atoms with Gasteiger partial charge in [0.15, 0.2) is 0 Å². The molecule has 0 bridgehead atoms. The van der Waals surface area contributed by atoms with E-state index in [-0.39, 0.29) is 5.82 Å². The van der Waals surface area contributed by atoms with E-state index >= 15 is 0 Å². The molecule has 0 amide bonds. The lowest BCUT2D eigenvalue weighted by molar-refractivity contribution is 0.436. The quantitative estimate of drug-likeness (QED) is 0.794. The number of benzene rings is 1. The van der Waals surface area contributed by atoms with E-state index in [4.69, 9.17) is 4.52 Å². The van der Waals surface area contributed by atoms with Crippen molar-refractivity contribution in [1.82, 2.24) is 5.16 Å². The molecule has 4 heteroatoms. The standard InChI is InChI=1S/C10H9FN2O/c1-12-10-6-9(13-14-10)7-2-4-8(11)5-3-7/h2-6,12H,1H3. The number of hydrogen-bond acceptors (Lipinski definition) is 3. The monoisotopic (exact) mass is 192 g/mol. The Balaban J connectivity index is 2.34. The van der Waals surface area contributed by atoms with Gasteiger partial charge in [-0.15, -0.1) is 0 Å². The lowest BCUT2D eigenvalue weighted by Crippen LogP contribution is -1.82. The Hall–Kier alpha value is -1.84. The first-order valence-electron chi connectivity index (χ1n) is 4.20. The zero-order valence-electron chi connectivity index (χ0n) is 7.62. The van der Waals surface area contributed by atoms with E-state index < -0.39 is 0 Å². The average molecular weight is 192 g/mol. The molecule has 0 aliphatic carbocycles. The van der Waals surface area contributed by atoms with Gasteiger partial charge in [0.2, 0.25) is 5.88 Å². The second kappa shape index (κ2) is 3.49. The van der Waals surface area contributed by atoms with Crippen LogP contribution in [0.2, 0.25) is 0 Å². The smallest absolute Gasteiger partial charge is 0.225 e. The third kappa shape index (κ3) is 1.59. The Morgan fingerprint density at radius 3 is 2.57 bits per heavy atom. The maximum Gasteiger partial charge on any atom is 0.225 e. The van der Waals surface area contributed by atoms with Crippen molar-refractivity contribution in [3.63, 3.8) is 0 Å². The second-order valence-corrected chi connectivity index (χ2v) is 2.83. The van der Waals surface area contributed by atoms with Crippen LogP contribution in [0.1, 0.15) is 0 Å². The van der Waals surface area contributed by atoms with Crippen LogP contribution in [-0.4, -0.2) is 12.2 Å². The molecule has 1 heterocycles. The molecule has 0 atom stereocenters. The highest BCUT2D eigenvalue weighted by atomic mass is 19.1. The summed E-state index contributed by atoms with van der Waals surface area (Å²) in [5.74, 6) is 0.329. The fourth-order valence-corrected chi connectivity index (χ4v) is 1.15. The molecule has 14 heavy (non-hydrogen) atoms. The number of aromatic nitrogens is 1. The minimum atomic E-state index is -0.258. The minimum absolute atomic E-state index is 0.258. The van der Waals surface area contributed by atoms with Gasteiger partial charge in [-0.3, -0.25) is 0 Å². The van der Waals surface area contributed by atoms with Crippen LogP contribution >= 0.6 is 0 Å². The Kier molecular flexibility index (Phi) is 2.18. The normalized spacial score (nSPS) is 10.1. The summed E-state index contributed by atoms with van der Waals surface area (Å²) in [6.07, 6.45) is 0. The number of nitrogens with one attached hydrogen (secondary N) is 1. The lowest BCUT2D eigenvalue weighted by Gasteiger charge is -1.93. The third-order valence-electron chi connectivity index (χ3n) is 1.90. The molecule has 2 aromatic rings. The highest BCUT2D eigenvalue weighted by Gasteiger charge is 2.04. The molecule has 0 unspecified atom stereocenters. The average Bonchev–Trinajstić information content (AvgIpc) is 2.67. The number of halogens is 1. The van der Waals surface area contributed by atoms with E-state index in [9.17, 15) is 4.39 Å². The summed E-state index contributed by atoms with van der Waals surface area (Å²) < 4.78 is 17.6. The van der Waals surface area contributed by atoms with Crippen molar-refractivity contribution in [3.8, 4) is 11.3 Å². The highest BCUT2D eigenvalue weighted by Crippen LogP contribution is 2.21. The molecule has 0 aliphatic rings. The molecule has 2 rings (SSSR count). The zero-order valence-corrected chi connectivity index (χ0v) is 7.62. The van der Waals surface area contributed by atoms with Gasteiger partial charge in [-0.2, -0.15) is 0 Å². The molecular formula is C10H9FN2O. The van der Waals surface area contributed by atoms with E-state index in [2.05, 4.69) is 10.5 Å². The van der Waals surface area contributed by atoms with Crippen LogP contribution < -0.4 is 5.32 Å². The van der Waals surface area contributed by atoms with Gasteiger partial charge in [0.25, 0.3) is 0 Å². The van der Waals surface area contributed by atoms with Crippen molar-refractivity contribution < 1.29 is 8.91 Å². The Labute approximate surface area is 80.5 Å². The topological polar surface area (TPSA) is 38.1 Å². The summed E-state index contributed by atoms with van der Waals surface area (Å²) in [5.41, 5.74) is 1.52. The minimum Gasteiger partial charge on any atom is -0.357 e. The number of rotatable bonds is 2. The van der Waals surface area contributed by atoms with Crippen molar-refractivity contribution in [2.45, 2.75) is 0 Å². The molecule has 1 aromatic carbocycles. The van der Waals surface area contributed by atoms with Gasteiger partial charge < -0.3 is 9.84 Å². The van der Waals surface area contributed by atoms with Crippen LogP contribution in [0.5, 0.6) is 0 Å². The van der Waals surface area contributed by atoms with E-state index in [1.165, 1.54) is 12.1 Å². The molecule has 0 saturated heterocycles. The van der Waals surface area contributed by atoms with E-state index in [0.29, 0.717) is 11.6 Å². The molecule has 72 valence electrons. The Morgan fingerprint density at radius 2 is 2.00 bits per heavy atom. The molecule has 0 spiro atoms. The van der Waals surface area contributed by atoms with Crippen molar-refractivity contribution in [1.29, 1.82) is 0 Å². The first kappa shape index (κ1) is 8.74. The van der Waals surface area contributed by atoms with E-state index in [0.717, 1.165) is 5.56 Å².